The van der Waals surface area contributed by atoms with Crippen LogP contribution >= 0.6 is 0 Å². The van der Waals surface area contributed by atoms with E-state index in [0.29, 0.717) is 18.1 Å². The molecule has 0 aliphatic carbocycles. The van der Waals surface area contributed by atoms with Gasteiger partial charge < -0.3 is 15.1 Å². The number of carboxylic acid groups (broad SMARTS) is 2. The summed E-state index contributed by atoms with van der Waals surface area (Å²) in [7, 11) is 0. The number of benzene rings is 3. The molecule has 1 amide bonds. The third-order valence-electron chi connectivity index (χ3n) is 6.95. The molecular weight excluding hydrogens is 480 g/mol. The molecular formula is C31H32N2O5. The lowest BCUT2D eigenvalue weighted by molar-refractivity contribution is -0.134. The zero-order valence-corrected chi connectivity index (χ0v) is 21.2. The maximum atomic E-state index is 12.7. The Morgan fingerprint density at radius 2 is 1.37 bits per heavy atom. The predicted octanol–water partition coefficient (Wildman–Crippen LogP) is 4.93. The topological polar surface area (TPSA) is 98.1 Å². The van der Waals surface area contributed by atoms with E-state index < -0.39 is 11.9 Å². The highest BCUT2D eigenvalue weighted by Gasteiger charge is 2.30. The predicted molar refractivity (Wildman–Crippen MR) is 145 cm³/mol. The Hall–Kier alpha value is -4.23. The van der Waals surface area contributed by atoms with E-state index in [1.807, 2.05) is 18.2 Å². The molecule has 5 rings (SSSR count). The molecule has 3 aromatic rings. The molecule has 196 valence electrons. The lowest BCUT2D eigenvalue weighted by Gasteiger charge is -2.34. The van der Waals surface area contributed by atoms with Gasteiger partial charge in [0.1, 0.15) is 0 Å². The molecule has 0 radical (unpaired) electrons. The number of hydrogen-bond donors (Lipinski definition) is 2. The third kappa shape index (κ3) is 7.17. The Kier molecular flexibility index (Phi) is 9.06. The summed E-state index contributed by atoms with van der Waals surface area (Å²) in [5.74, 6) is -1.70. The van der Waals surface area contributed by atoms with Crippen molar-refractivity contribution in [2.75, 3.05) is 19.6 Å². The first-order chi connectivity index (χ1) is 18.4. The number of amides is 1. The molecule has 2 aliphatic heterocycles. The van der Waals surface area contributed by atoms with Crippen LogP contribution in [0.3, 0.4) is 0 Å². The Labute approximate surface area is 222 Å². The highest BCUT2D eigenvalue weighted by atomic mass is 16.4. The third-order valence-corrected chi connectivity index (χ3v) is 6.95. The molecule has 2 aliphatic rings. The Balaban J connectivity index is 0.000000368. The average Bonchev–Trinajstić information content (AvgIpc) is 3.25. The van der Waals surface area contributed by atoms with Crippen molar-refractivity contribution in [2.45, 2.75) is 25.9 Å². The summed E-state index contributed by atoms with van der Waals surface area (Å²) in [4.78, 5) is 36.4. The van der Waals surface area contributed by atoms with Crippen LogP contribution in [0.5, 0.6) is 0 Å². The molecule has 2 heterocycles. The van der Waals surface area contributed by atoms with Gasteiger partial charge in [0.15, 0.2) is 0 Å². The van der Waals surface area contributed by atoms with Gasteiger partial charge in [-0.15, -0.1) is 0 Å². The number of piperidine rings is 1. The number of rotatable bonds is 7. The van der Waals surface area contributed by atoms with E-state index in [-0.39, 0.29) is 5.91 Å². The molecule has 0 aromatic heterocycles. The van der Waals surface area contributed by atoms with Crippen molar-refractivity contribution in [3.8, 4) is 11.1 Å². The van der Waals surface area contributed by atoms with E-state index in [0.717, 1.165) is 51.1 Å². The van der Waals surface area contributed by atoms with Crippen LogP contribution in [0.1, 0.15) is 34.3 Å². The van der Waals surface area contributed by atoms with Crippen molar-refractivity contribution < 1.29 is 24.6 Å². The van der Waals surface area contributed by atoms with Crippen LogP contribution in [-0.2, 0) is 22.7 Å². The number of carboxylic acids is 2. The smallest absolute Gasteiger partial charge is 0.328 e. The largest absolute Gasteiger partial charge is 0.478 e. The van der Waals surface area contributed by atoms with Gasteiger partial charge in [0.2, 0.25) is 0 Å². The SMILES string of the molecule is O=C(O)/C=C/C(=O)O.O=C1c2ccccc2CN1CC1CCN(Cc2ccccc2-c2ccccc2)CC1. The van der Waals surface area contributed by atoms with Gasteiger partial charge in [-0.1, -0.05) is 72.8 Å². The summed E-state index contributed by atoms with van der Waals surface area (Å²) in [6.07, 6.45) is 3.44. The van der Waals surface area contributed by atoms with Gasteiger partial charge in [-0.2, -0.15) is 0 Å². The summed E-state index contributed by atoms with van der Waals surface area (Å²) in [6.45, 7) is 4.86. The molecule has 7 nitrogen and oxygen atoms in total. The quantitative estimate of drug-likeness (QED) is 0.436. The van der Waals surface area contributed by atoms with E-state index in [4.69, 9.17) is 10.2 Å². The van der Waals surface area contributed by atoms with Crippen LogP contribution in [0.2, 0.25) is 0 Å². The van der Waals surface area contributed by atoms with Crippen LogP contribution in [0.25, 0.3) is 11.1 Å². The van der Waals surface area contributed by atoms with Crippen molar-refractivity contribution in [1.29, 1.82) is 0 Å². The molecule has 38 heavy (non-hydrogen) atoms. The second-order valence-electron chi connectivity index (χ2n) is 9.60. The Morgan fingerprint density at radius 3 is 2.00 bits per heavy atom. The first-order valence-corrected chi connectivity index (χ1v) is 12.8. The van der Waals surface area contributed by atoms with Crippen molar-refractivity contribution in [3.05, 3.63) is 108 Å². The van der Waals surface area contributed by atoms with Crippen LogP contribution in [0.15, 0.2) is 91.0 Å². The molecule has 0 bridgehead atoms. The summed E-state index contributed by atoms with van der Waals surface area (Å²) in [6, 6.07) is 27.5. The molecule has 0 spiro atoms. The van der Waals surface area contributed by atoms with Crippen molar-refractivity contribution in [2.24, 2.45) is 5.92 Å². The molecule has 2 N–H and O–H groups in total. The molecule has 0 unspecified atom stereocenters. The minimum Gasteiger partial charge on any atom is -0.478 e. The van der Waals surface area contributed by atoms with Gasteiger partial charge >= 0.3 is 11.9 Å². The van der Waals surface area contributed by atoms with Crippen molar-refractivity contribution in [1.82, 2.24) is 9.80 Å². The van der Waals surface area contributed by atoms with Gasteiger partial charge in [-0.3, -0.25) is 9.69 Å². The first-order valence-electron chi connectivity index (χ1n) is 12.8. The summed E-state index contributed by atoms with van der Waals surface area (Å²) in [5.41, 5.74) is 6.09. The monoisotopic (exact) mass is 512 g/mol. The molecule has 7 heteroatoms. The fourth-order valence-corrected chi connectivity index (χ4v) is 5.04. The average molecular weight is 513 g/mol. The van der Waals surface area contributed by atoms with Crippen LogP contribution in [0, 0.1) is 5.92 Å². The van der Waals surface area contributed by atoms with E-state index in [1.54, 1.807) is 0 Å². The van der Waals surface area contributed by atoms with Gasteiger partial charge in [-0.25, -0.2) is 9.59 Å². The lowest BCUT2D eigenvalue weighted by atomic mass is 9.94. The summed E-state index contributed by atoms with van der Waals surface area (Å²) >= 11 is 0. The van der Waals surface area contributed by atoms with Gasteiger partial charge in [-0.05, 0) is 60.2 Å². The number of carbonyl (C=O) groups is 3. The van der Waals surface area contributed by atoms with E-state index >= 15 is 0 Å². The summed E-state index contributed by atoms with van der Waals surface area (Å²) in [5, 5.41) is 15.6. The number of nitrogens with zero attached hydrogens (tertiary/aromatic N) is 2. The minimum atomic E-state index is -1.26. The minimum absolute atomic E-state index is 0.213. The number of fused-ring (bicyclic) bond motifs is 1. The van der Waals surface area contributed by atoms with Gasteiger partial charge in [0.05, 0.1) is 0 Å². The highest BCUT2D eigenvalue weighted by Crippen LogP contribution is 2.29. The van der Waals surface area contributed by atoms with Gasteiger partial charge in [0, 0.05) is 37.3 Å². The summed E-state index contributed by atoms with van der Waals surface area (Å²) < 4.78 is 0. The second kappa shape index (κ2) is 12.8. The van der Waals surface area contributed by atoms with Crippen LogP contribution in [0.4, 0.5) is 0 Å². The normalized spacial score (nSPS) is 15.7. The zero-order valence-electron chi connectivity index (χ0n) is 21.2. The molecule has 1 saturated heterocycles. The first kappa shape index (κ1) is 26.8. The second-order valence-corrected chi connectivity index (χ2v) is 9.60. The van der Waals surface area contributed by atoms with E-state index in [9.17, 15) is 14.4 Å². The fraction of sp³-hybridized carbons (Fsp3) is 0.258. The van der Waals surface area contributed by atoms with Crippen molar-refractivity contribution in [3.63, 3.8) is 0 Å². The van der Waals surface area contributed by atoms with Gasteiger partial charge in [0.25, 0.3) is 5.91 Å². The number of hydrogen-bond acceptors (Lipinski definition) is 4. The number of carbonyl (C=O) groups excluding carboxylic acids is 1. The number of likely N-dealkylation sites (tertiary alicyclic amines) is 1. The molecule has 0 atom stereocenters. The van der Waals surface area contributed by atoms with Crippen LogP contribution in [-0.4, -0.2) is 57.5 Å². The molecule has 3 aromatic carbocycles. The molecule has 1 fully saturated rings. The highest BCUT2D eigenvalue weighted by molar-refractivity contribution is 5.98. The molecule has 0 saturated carbocycles. The Morgan fingerprint density at radius 1 is 0.789 bits per heavy atom. The van der Waals surface area contributed by atoms with E-state index in [2.05, 4.69) is 70.5 Å². The Bertz CT molecular complexity index is 1280. The number of aliphatic carboxylic acids is 2. The van der Waals surface area contributed by atoms with Crippen molar-refractivity contribution >= 4 is 17.8 Å². The lowest BCUT2D eigenvalue weighted by Crippen LogP contribution is -2.38. The maximum Gasteiger partial charge on any atom is 0.328 e. The van der Waals surface area contributed by atoms with E-state index in [1.165, 1.54) is 22.3 Å². The fourth-order valence-electron chi connectivity index (χ4n) is 5.04. The zero-order chi connectivity index (χ0) is 26.9. The standard InChI is InChI=1S/C27H28N2O.C4H4O4/c30-27-26-13-7-5-11-24(26)20-29(27)18-21-14-16-28(17-15-21)19-23-10-4-6-12-25(23)22-8-2-1-3-9-22;5-3(6)1-2-4(7)8/h1-13,21H,14-20H2;1-2H,(H,5,6)(H,7,8)/b;2-1+. The maximum absolute atomic E-state index is 12.7. The van der Waals surface area contributed by atoms with Crippen LogP contribution < -0.4 is 0 Å².